The van der Waals surface area contributed by atoms with E-state index in [4.69, 9.17) is 5.73 Å². The molecule has 0 heterocycles. The Morgan fingerprint density at radius 2 is 1.89 bits per heavy atom. The van der Waals surface area contributed by atoms with E-state index in [-0.39, 0.29) is 6.04 Å². The van der Waals surface area contributed by atoms with Crippen molar-refractivity contribution in [1.29, 1.82) is 0 Å². The molecule has 2 aliphatic carbocycles. The Balaban J connectivity index is 1.62. The van der Waals surface area contributed by atoms with Crippen molar-refractivity contribution < 1.29 is 0 Å². The van der Waals surface area contributed by atoms with Gasteiger partial charge in [-0.2, -0.15) is 0 Å². The molecular formula is C17H26N2. The smallest absolute Gasteiger partial charge is 0.0341 e. The van der Waals surface area contributed by atoms with Gasteiger partial charge >= 0.3 is 0 Å². The van der Waals surface area contributed by atoms with Crippen LogP contribution >= 0.6 is 0 Å². The average molecular weight is 258 g/mol. The molecule has 1 aromatic rings. The van der Waals surface area contributed by atoms with E-state index in [1.54, 1.807) is 0 Å². The molecule has 0 amide bonds. The highest BCUT2D eigenvalue weighted by Crippen LogP contribution is 2.37. The number of hydrogen-bond acceptors (Lipinski definition) is 2. The van der Waals surface area contributed by atoms with E-state index in [1.807, 2.05) is 0 Å². The van der Waals surface area contributed by atoms with Crippen molar-refractivity contribution in [1.82, 2.24) is 5.32 Å². The minimum Gasteiger partial charge on any atom is -0.324 e. The average Bonchev–Trinajstić information content (AvgIpc) is 2.75. The topological polar surface area (TPSA) is 38.0 Å². The SMILES string of the molecule is CC1CCCCC1CNC1CC(N)c2ccccc21. The van der Waals surface area contributed by atoms with Gasteiger partial charge < -0.3 is 11.1 Å². The molecule has 3 rings (SSSR count). The first-order valence-electron chi connectivity index (χ1n) is 7.83. The van der Waals surface area contributed by atoms with Gasteiger partial charge in [0.1, 0.15) is 0 Å². The van der Waals surface area contributed by atoms with Crippen LogP contribution in [0.4, 0.5) is 0 Å². The van der Waals surface area contributed by atoms with E-state index in [1.165, 1.54) is 36.8 Å². The Labute approximate surface area is 116 Å². The summed E-state index contributed by atoms with van der Waals surface area (Å²) < 4.78 is 0. The molecule has 2 aliphatic rings. The molecule has 4 atom stereocenters. The molecule has 104 valence electrons. The Morgan fingerprint density at radius 1 is 1.16 bits per heavy atom. The van der Waals surface area contributed by atoms with Gasteiger partial charge in [0, 0.05) is 12.1 Å². The lowest BCUT2D eigenvalue weighted by atomic mass is 9.80. The fourth-order valence-corrected chi connectivity index (χ4v) is 3.86. The van der Waals surface area contributed by atoms with E-state index < -0.39 is 0 Å². The monoisotopic (exact) mass is 258 g/mol. The van der Waals surface area contributed by atoms with Gasteiger partial charge in [0.15, 0.2) is 0 Å². The molecule has 1 aromatic carbocycles. The molecule has 0 aromatic heterocycles. The first kappa shape index (κ1) is 13.1. The normalized spacial score (nSPS) is 34.2. The van der Waals surface area contributed by atoms with Gasteiger partial charge in [-0.3, -0.25) is 0 Å². The quantitative estimate of drug-likeness (QED) is 0.870. The fourth-order valence-electron chi connectivity index (χ4n) is 3.86. The number of nitrogens with one attached hydrogen (secondary N) is 1. The van der Waals surface area contributed by atoms with E-state index in [2.05, 4.69) is 36.5 Å². The second-order valence-electron chi connectivity index (χ2n) is 6.45. The first-order chi connectivity index (χ1) is 9.25. The second kappa shape index (κ2) is 5.64. The molecule has 4 unspecified atom stereocenters. The molecule has 0 saturated heterocycles. The molecule has 0 radical (unpaired) electrons. The van der Waals surface area contributed by atoms with Crippen LogP contribution in [0.2, 0.25) is 0 Å². The number of hydrogen-bond donors (Lipinski definition) is 2. The summed E-state index contributed by atoms with van der Waals surface area (Å²) in [7, 11) is 0. The number of nitrogens with two attached hydrogens (primary N) is 1. The van der Waals surface area contributed by atoms with Gasteiger partial charge in [-0.25, -0.2) is 0 Å². The van der Waals surface area contributed by atoms with Crippen molar-refractivity contribution in [2.45, 2.75) is 51.1 Å². The second-order valence-corrected chi connectivity index (χ2v) is 6.45. The molecule has 0 aliphatic heterocycles. The van der Waals surface area contributed by atoms with Crippen molar-refractivity contribution in [3.63, 3.8) is 0 Å². The van der Waals surface area contributed by atoms with Gasteiger partial charge in [0.05, 0.1) is 0 Å². The number of rotatable bonds is 3. The summed E-state index contributed by atoms with van der Waals surface area (Å²) in [4.78, 5) is 0. The van der Waals surface area contributed by atoms with E-state index in [9.17, 15) is 0 Å². The van der Waals surface area contributed by atoms with Gasteiger partial charge in [0.25, 0.3) is 0 Å². The lowest BCUT2D eigenvalue weighted by molar-refractivity contribution is 0.240. The number of benzene rings is 1. The highest BCUT2D eigenvalue weighted by Gasteiger charge is 2.29. The number of fused-ring (bicyclic) bond motifs is 1. The Morgan fingerprint density at radius 3 is 2.68 bits per heavy atom. The van der Waals surface area contributed by atoms with Crippen LogP contribution < -0.4 is 11.1 Å². The maximum absolute atomic E-state index is 6.23. The van der Waals surface area contributed by atoms with Crippen molar-refractivity contribution >= 4 is 0 Å². The zero-order valence-electron chi connectivity index (χ0n) is 11.9. The van der Waals surface area contributed by atoms with E-state index in [0.717, 1.165) is 24.8 Å². The third-order valence-corrected chi connectivity index (χ3v) is 5.18. The van der Waals surface area contributed by atoms with Crippen LogP contribution in [0.1, 0.15) is 62.2 Å². The lowest BCUT2D eigenvalue weighted by Gasteiger charge is -2.30. The van der Waals surface area contributed by atoms with Gasteiger partial charge in [0.2, 0.25) is 0 Å². The van der Waals surface area contributed by atoms with Crippen LogP contribution in [-0.2, 0) is 0 Å². The molecule has 2 nitrogen and oxygen atoms in total. The Hall–Kier alpha value is -0.860. The van der Waals surface area contributed by atoms with E-state index in [0.29, 0.717) is 6.04 Å². The van der Waals surface area contributed by atoms with Crippen molar-refractivity contribution in [3.05, 3.63) is 35.4 Å². The largest absolute Gasteiger partial charge is 0.324 e. The van der Waals surface area contributed by atoms with Crippen LogP contribution in [0.25, 0.3) is 0 Å². The summed E-state index contributed by atoms with van der Waals surface area (Å²) in [5.74, 6) is 1.74. The van der Waals surface area contributed by atoms with Crippen LogP contribution in [0.5, 0.6) is 0 Å². The molecule has 19 heavy (non-hydrogen) atoms. The maximum atomic E-state index is 6.23. The maximum Gasteiger partial charge on any atom is 0.0341 e. The molecule has 2 heteroatoms. The summed E-state index contributed by atoms with van der Waals surface area (Å²) in [6.07, 6.45) is 6.70. The summed E-state index contributed by atoms with van der Waals surface area (Å²) in [5, 5.41) is 3.79. The van der Waals surface area contributed by atoms with Crippen LogP contribution in [0.3, 0.4) is 0 Å². The highest BCUT2D eigenvalue weighted by molar-refractivity contribution is 5.37. The lowest BCUT2D eigenvalue weighted by Crippen LogP contribution is -2.31. The molecular weight excluding hydrogens is 232 g/mol. The van der Waals surface area contributed by atoms with Crippen molar-refractivity contribution in [2.24, 2.45) is 17.6 Å². The van der Waals surface area contributed by atoms with Gasteiger partial charge in [-0.1, -0.05) is 50.5 Å². The minimum absolute atomic E-state index is 0.220. The standard InChI is InChI=1S/C17H26N2/c1-12-6-2-3-7-13(12)11-19-17-10-16(18)14-8-4-5-9-15(14)17/h4-5,8-9,12-13,16-17,19H,2-3,6-7,10-11,18H2,1H3. The van der Waals surface area contributed by atoms with Crippen LogP contribution in [-0.4, -0.2) is 6.54 Å². The zero-order chi connectivity index (χ0) is 13.2. The molecule has 0 bridgehead atoms. The van der Waals surface area contributed by atoms with Gasteiger partial charge in [-0.15, -0.1) is 0 Å². The summed E-state index contributed by atoms with van der Waals surface area (Å²) in [5.41, 5.74) is 9.01. The Kier molecular flexibility index (Phi) is 3.90. The highest BCUT2D eigenvalue weighted by atomic mass is 14.9. The molecule has 1 saturated carbocycles. The van der Waals surface area contributed by atoms with Gasteiger partial charge in [-0.05, 0) is 42.3 Å². The Bertz CT molecular complexity index is 429. The third kappa shape index (κ3) is 2.70. The molecule has 3 N–H and O–H groups in total. The third-order valence-electron chi connectivity index (χ3n) is 5.18. The summed E-state index contributed by atoms with van der Waals surface area (Å²) >= 11 is 0. The van der Waals surface area contributed by atoms with Crippen molar-refractivity contribution in [3.8, 4) is 0 Å². The predicted octanol–water partition coefficient (Wildman–Crippen LogP) is 3.55. The summed E-state index contributed by atoms with van der Waals surface area (Å²) in [6, 6.07) is 9.35. The first-order valence-corrected chi connectivity index (χ1v) is 7.83. The molecule has 1 fully saturated rings. The van der Waals surface area contributed by atoms with Crippen molar-refractivity contribution in [2.75, 3.05) is 6.54 Å². The summed E-state index contributed by atoms with van der Waals surface area (Å²) in [6.45, 7) is 3.58. The predicted molar refractivity (Wildman–Crippen MR) is 79.9 cm³/mol. The van der Waals surface area contributed by atoms with E-state index >= 15 is 0 Å². The fraction of sp³-hybridized carbons (Fsp3) is 0.647. The van der Waals surface area contributed by atoms with Crippen LogP contribution in [0, 0.1) is 11.8 Å². The molecule has 0 spiro atoms. The van der Waals surface area contributed by atoms with Crippen LogP contribution in [0.15, 0.2) is 24.3 Å². The zero-order valence-corrected chi connectivity index (χ0v) is 11.9. The minimum atomic E-state index is 0.220.